The van der Waals surface area contributed by atoms with Crippen LogP contribution in [0.15, 0.2) is 0 Å². The van der Waals surface area contributed by atoms with Crippen molar-refractivity contribution in [1.29, 1.82) is 0 Å². The molecule has 1 aliphatic heterocycles. The molecule has 0 radical (unpaired) electrons. The van der Waals surface area contributed by atoms with Crippen molar-refractivity contribution in [3.8, 4) is 0 Å². The monoisotopic (exact) mass is 338 g/mol. The van der Waals surface area contributed by atoms with Gasteiger partial charge in [-0.2, -0.15) is 13.2 Å². The highest BCUT2D eigenvalue weighted by Gasteiger charge is 2.43. The molecule has 1 aromatic heterocycles. The predicted molar refractivity (Wildman–Crippen MR) is 70.2 cm³/mol. The van der Waals surface area contributed by atoms with E-state index in [9.17, 15) is 22.8 Å². The molecule has 1 fully saturated rings. The zero-order valence-corrected chi connectivity index (χ0v) is 12.6. The molecule has 1 aromatic rings. The molecule has 2 heterocycles. The number of aromatic nitrogens is 2. The second-order valence-corrected chi connectivity index (χ2v) is 5.57. The van der Waals surface area contributed by atoms with E-state index >= 15 is 0 Å². The molecule has 0 saturated carbocycles. The highest BCUT2D eigenvalue weighted by atomic mass is 32.1. The largest absolute Gasteiger partial charge is 0.445 e. The van der Waals surface area contributed by atoms with E-state index in [2.05, 4.69) is 10.2 Å². The third-order valence-corrected chi connectivity index (χ3v) is 3.80. The van der Waals surface area contributed by atoms with Gasteiger partial charge in [-0.3, -0.25) is 4.79 Å². The molecular formula is C11H13F3N4O3S. The van der Waals surface area contributed by atoms with Crippen LogP contribution in [0.2, 0.25) is 0 Å². The van der Waals surface area contributed by atoms with Crippen molar-refractivity contribution in [3.05, 3.63) is 5.01 Å². The molecule has 11 heteroatoms. The summed E-state index contributed by atoms with van der Waals surface area (Å²) in [6.07, 6.45) is -4.93. The third-order valence-electron chi connectivity index (χ3n) is 2.84. The lowest BCUT2D eigenvalue weighted by Crippen LogP contribution is -2.37. The first-order valence-corrected chi connectivity index (χ1v) is 7.20. The number of alkyl halides is 3. The van der Waals surface area contributed by atoms with Crippen molar-refractivity contribution >= 4 is 28.5 Å². The second kappa shape index (κ2) is 6.07. The van der Waals surface area contributed by atoms with Crippen LogP contribution in [-0.4, -0.2) is 46.9 Å². The number of carbonyl (C=O) groups is 2. The van der Waals surface area contributed by atoms with Crippen LogP contribution in [-0.2, 0) is 15.7 Å². The molecule has 7 nitrogen and oxygen atoms in total. The average molecular weight is 338 g/mol. The number of urea groups is 1. The maximum absolute atomic E-state index is 12.6. The van der Waals surface area contributed by atoms with E-state index in [1.807, 2.05) is 0 Å². The fourth-order valence-corrected chi connectivity index (χ4v) is 2.58. The molecule has 122 valence electrons. The summed E-state index contributed by atoms with van der Waals surface area (Å²) < 4.78 is 42.9. The third kappa shape index (κ3) is 3.29. The van der Waals surface area contributed by atoms with Crippen LogP contribution >= 0.6 is 11.3 Å². The highest BCUT2D eigenvalue weighted by molar-refractivity contribution is 7.15. The Kier molecular flexibility index (Phi) is 4.54. The van der Waals surface area contributed by atoms with Crippen LogP contribution in [0.25, 0.3) is 0 Å². The molecule has 1 atom stereocenters. The Morgan fingerprint density at radius 3 is 2.68 bits per heavy atom. The number of hydrogen-bond acceptors (Lipinski definition) is 6. The Bertz CT molecular complexity index is 577. The highest BCUT2D eigenvalue weighted by Crippen LogP contribution is 2.36. The summed E-state index contributed by atoms with van der Waals surface area (Å²) in [4.78, 5) is 25.7. The van der Waals surface area contributed by atoms with Gasteiger partial charge in [-0.05, 0) is 6.42 Å². The number of halogens is 3. The van der Waals surface area contributed by atoms with Crippen molar-refractivity contribution in [1.82, 2.24) is 15.1 Å². The van der Waals surface area contributed by atoms with Gasteiger partial charge in [0.25, 0.3) is 0 Å². The maximum atomic E-state index is 12.6. The summed E-state index contributed by atoms with van der Waals surface area (Å²) >= 11 is 0.227. The van der Waals surface area contributed by atoms with Gasteiger partial charge in [0.1, 0.15) is 0 Å². The van der Waals surface area contributed by atoms with Crippen molar-refractivity contribution in [2.45, 2.75) is 32.2 Å². The van der Waals surface area contributed by atoms with Gasteiger partial charge >= 0.3 is 18.2 Å². The van der Waals surface area contributed by atoms with Crippen LogP contribution in [0.3, 0.4) is 0 Å². The Labute approximate surface area is 127 Å². The average Bonchev–Trinajstić information content (AvgIpc) is 2.96. The molecule has 2 amide bonds. The lowest BCUT2D eigenvalue weighted by atomic mass is 10.3. The van der Waals surface area contributed by atoms with Crippen LogP contribution in [0.1, 0.15) is 24.8 Å². The Morgan fingerprint density at radius 1 is 1.45 bits per heavy atom. The first-order chi connectivity index (χ1) is 10.2. The van der Waals surface area contributed by atoms with Gasteiger partial charge in [0.2, 0.25) is 16.4 Å². The summed E-state index contributed by atoms with van der Waals surface area (Å²) in [7, 11) is 1.45. The molecule has 0 bridgehead atoms. The molecule has 22 heavy (non-hydrogen) atoms. The van der Waals surface area contributed by atoms with Crippen LogP contribution < -0.4 is 4.90 Å². The summed E-state index contributed by atoms with van der Waals surface area (Å²) in [5.41, 5.74) is 0. The first kappa shape index (κ1) is 16.5. The minimum Gasteiger partial charge on any atom is -0.439 e. The molecule has 2 rings (SSSR count). The second-order valence-electron chi connectivity index (χ2n) is 4.62. The Morgan fingerprint density at radius 2 is 2.14 bits per heavy atom. The molecular weight excluding hydrogens is 325 g/mol. The number of nitrogens with zero attached hydrogens (tertiary/aromatic N) is 4. The lowest BCUT2D eigenvalue weighted by molar-refractivity contribution is -0.148. The fraction of sp³-hybridized carbons (Fsp3) is 0.636. The van der Waals surface area contributed by atoms with E-state index in [1.54, 1.807) is 6.92 Å². The predicted octanol–water partition coefficient (Wildman–Crippen LogP) is 2.10. The van der Waals surface area contributed by atoms with Gasteiger partial charge in [-0.25, -0.2) is 9.69 Å². The van der Waals surface area contributed by atoms with Crippen molar-refractivity contribution < 1.29 is 27.5 Å². The molecule has 1 aliphatic rings. The zero-order chi connectivity index (χ0) is 16.5. The number of rotatable bonds is 4. The molecule has 1 unspecified atom stereocenters. The van der Waals surface area contributed by atoms with Crippen LogP contribution in [0.5, 0.6) is 0 Å². The topological polar surface area (TPSA) is 75.6 Å². The van der Waals surface area contributed by atoms with Crippen LogP contribution in [0.4, 0.5) is 23.1 Å². The quantitative estimate of drug-likeness (QED) is 0.786. The van der Waals surface area contributed by atoms with Gasteiger partial charge in [-0.1, -0.05) is 18.3 Å². The van der Waals surface area contributed by atoms with E-state index in [0.29, 0.717) is 6.42 Å². The van der Waals surface area contributed by atoms with E-state index in [4.69, 9.17) is 4.74 Å². The molecule has 0 spiro atoms. The van der Waals surface area contributed by atoms with Gasteiger partial charge in [-0.15, -0.1) is 10.2 Å². The number of anilines is 1. The molecule has 0 aliphatic carbocycles. The Balaban J connectivity index is 2.23. The van der Waals surface area contributed by atoms with Crippen LogP contribution in [0, 0.1) is 0 Å². The summed E-state index contributed by atoms with van der Waals surface area (Å²) in [5, 5.41) is 5.00. The van der Waals surface area contributed by atoms with E-state index in [0.717, 1.165) is 4.90 Å². The van der Waals surface area contributed by atoms with Gasteiger partial charge in [0.15, 0.2) is 0 Å². The molecule has 0 N–H and O–H groups in total. The fourth-order valence-electron chi connectivity index (χ4n) is 1.84. The van der Waals surface area contributed by atoms with Gasteiger partial charge < -0.3 is 9.64 Å². The smallest absolute Gasteiger partial charge is 0.439 e. The number of carbonyl (C=O) groups excluding carboxylic acids is 2. The summed E-state index contributed by atoms with van der Waals surface area (Å²) in [6.45, 7) is 1.83. The van der Waals surface area contributed by atoms with Crippen molar-refractivity contribution in [2.75, 3.05) is 18.5 Å². The number of amides is 2. The number of esters is 1. The van der Waals surface area contributed by atoms with E-state index in [-0.39, 0.29) is 29.4 Å². The Hall–Kier alpha value is -1.91. The molecule has 1 saturated heterocycles. The zero-order valence-electron chi connectivity index (χ0n) is 11.8. The number of likely N-dealkylation sites (N-methyl/N-ethyl adjacent to an activating group) is 1. The minimum atomic E-state index is -4.64. The number of ether oxygens (including phenoxy) is 1. The normalized spacial score (nSPS) is 19.0. The van der Waals surface area contributed by atoms with Gasteiger partial charge in [0.05, 0.1) is 6.54 Å². The maximum Gasteiger partial charge on any atom is 0.445 e. The summed E-state index contributed by atoms with van der Waals surface area (Å²) in [6, 6.07) is -0.598. The first-order valence-electron chi connectivity index (χ1n) is 6.38. The number of hydrogen-bond donors (Lipinski definition) is 0. The standard InChI is InChI=1S/C11H13F3N4O3S/c1-3-4-7(19)21-6-5-17(2)10(20)18(6)9-16-15-8(22-9)11(12,13)14/h6H,3-5H2,1-2H3. The van der Waals surface area contributed by atoms with Crippen molar-refractivity contribution in [2.24, 2.45) is 0 Å². The minimum absolute atomic E-state index is 0.0508. The van der Waals surface area contributed by atoms with E-state index < -0.39 is 29.4 Å². The van der Waals surface area contributed by atoms with Crippen molar-refractivity contribution in [3.63, 3.8) is 0 Å². The summed E-state index contributed by atoms with van der Waals surface area (Å²) in [5.74, 6) is -0.527. The SMILES string of the molecule is CCCC(=O)OC1CN(C)C(=O)N1c1nnc(C(F)(F)F)s1. The van der Waals surface area contributed by atoms with E-state index in [1.165, 1.54) is 11.9 Å². The van der Waals surface area contributed by atoms with Gasteiger partial charge in [0, 0.05) is 13.5 Å². The molecule has 0 aromatic carbocycles. The lowest BCUT2D eigenvalue weighted by Gasteiger charge is -2.19.